The molecule has 124 valence electrons. The number of thiophene rings is 1. The molecule has 2 heterocycles. The number of nitrogens with one attached hydrogen (secondary N) is 2. The first-order valence-corrected chi connectivity index (χ1v) is 8.83. The zero-order valence-corrected chi connectivity index (χ0v) is 14.2. The van der Waals surface area contributed by atoms with Crippen LogP contribution in [0, 0.1) is 5.92 Å². The molecule has 0 radical (unpaired) electrons. The maximum absolute atomic E-state index is 12.7. The predicted octanol–water partition coefficient (Wildman–Crippen LogP) is 1.40. The summed E-state index contributed by atoms with van der Waals surface area (Å²) in [6, 6.07) is 0. The SMILES string of the molecule is CC(C)CNC(=O)Cn1c(=O)[nH]c2sc3c(c2c1=O)CCCC3. The van der Waals surface area contributed by atoms with E-state index < -0.39 is 5.69 Å². The molecule has 0 fully saturated rings. The van der Waals surface area contributed by atoms with Crippen LogP contribution in [0.2, 0.25) is 0 Å². The van der Waals surface area contributed by atoms with Crippen molar-refractivity contribution in [1.29, 1.82) is 0 Å². The lowest BCUT2D eigenvalue weighted by Crippen LogP contribution is -2.41. The van der Waals surface area contributed by atoms with Crippen LogP contribution in [0.25, 0.3) is 10.2 Å². The summed E-state index contributed by atoms with van der Waals surface area (Å²) in [5, 5.41) is 3.34. The number of H-pyrrole nitrogens is 1. The Morgan fingerprint density at radius 2 is 2.04 bits per heavy atom. The molecule has 2 N–H and O–H groups in total. The third-order valence-corrected chi connectivity index (χ3v) is 5.31. The van der Waals surface area contributed by atoms with Crippen molar-refractivity contribution in [3.05, 3.63) is 31.3 Å². The molecular weight excluding hydrogens is 314 g/mol. The number of nitrogens with zero attached hydrogens (tertiary/aromatic N) is 1. The molecule has 0 aromatic carbocycles. The highest BCUT2D eigenvalue weighted by Crippen LogP contribution is 2.32. The molecule has 7 heteroatoms. The molecule has 0 aliphatic heterocycles. The minimum atomic E-state index is -0.513. The Morgan fingerprint density at radius 3 is 2.78 bits per heavy atom. The maximum atomic E-state index is 12.7. The summed E-state index contributed by atoms with van der Waals surface area (Å²) < 4.78 is 1.01. The largest absolute Gasteiger partial charge is 0.354 e. The molecule has 3 rings (SSSR count). The monoisotopic (exact) mass is 335 g/mol. The second kappa shape index (κ2) is 6.31. The van der Waals surface area contributed by atoms with Gasteiger partial charge in [0, 0.05) is 11.4 Å². The summed E-state index contributed by atoms with van der Waals surface area (Å²) in [5.74, 6) is 0.00933. The first-order chi connectivity index (χ1) is 11.0. The molecule has 0 bridgehead atoms. The number of carbonyl (C=O) groups excluding carboxylic acids is 1. The van der Waals surface area contributed by atoms with Crippen LogP contribution in [0.15, 0.2) is 9.59 Å². The highest BCUT2D eigenvalue weighted by Gasteiger charge is 2.21. The average molecular weight is 335 g/mol. The van der Waals surface area contributed by atoms with Crippen LogP contribution in [-0.2, 0) is 24.2 Å². The number of rotatable bonds is 4. The molecule has 0 unspecified atom stereocenters. The number of fused-ring (bicyclic) bond motifs is 3. The van der Waals surface area contributed by atoms with E-state index in [2.05, 4.69) is 10.3 Å². The summed E-state index contributed by atoms with van der Waals surface area (Å²) in [7, 11) is 0. The van der Waals surface area contributed by atoms with Crippen molar-refractivity contribution in [3.8, 4) is 0 Å². The van der Waals surface area contributed by atoms with E-state index in [-0.39, 0.29) is 18.0 Å². The van der Waals surface area contributed by atoms with Crippen molar-refractivity contribution < 1.29 is 4.79 Å². The fraction of sp³-hybridized carbons (Fsp3) is 0.562. The van der Waals surface area contributed by atoms with Crippen LogP contribution in [0.1, 0.15) is 37.1 Å². The Balaban J connectivity index is 1.99. The normalized spacial score (nSPS) is 14.2. The second-order valence-corrected chi connectivity index (χ2v) is 7.54. The average Bonchev–Trinajstić information content (AvgIpc) is 2.87. The number of carbonyl (C=O) groups is 1. The van der Waals surface area contributed by atoms with Gasteiger partial charge in [0.25, 0.3) is 5.56 Å². The van der Waals surface area contributed by atoms with Crippen LogP contribution in [0.4, 0.5) is 0 Å². The topological polar surface area (TPSA) is 84.0 Å². The van der Waals surface area contributed by atoms with Crippen molar-refractivity contribution in [2.24, 2.45) is 5.92 Å². The third-order valence-electron chi connectivity index (χ3n) is 4.11. The number of aryl methyl sites for hydroxylation is 2. The van der Waals surface area contributed by atoms with Crippen LogP contribution in [0.5, 0.6) is 0 Å². The molecule has 0 saturated carbocycles. The highest BCUT2D eigenvalue weighted by molar-refractivity contribution is 7.18. The van der Waals surface area contributed by atoms with Gasteiger partial charge in [0.2, 0.25) is 5.91 Å². The van der Waals surface area contributed by atoms with Gasteiger partial charge in [-0.3, -0.25) is 19.1 Å². The maximum Gasteiger partial charge on any atom is 0.329 e. The van der Waals surface area contributed by atoms with E-state index in [1.54, 1.807) is 0 Å². The van der Waals surface area contributed by atoms with E-state index in [9.17, 15) is 14.4 Å². The fourth-order valence-corrected chi connectivity index (χ4v) is 4.20. The van der Waals surface area contributed by atoms with Crippen LogP contribution < -0.4 is 16.6 Å². The van der Waals surface area contributed by atoms with Crippen LogP contribution in [0.3, 0.4) is 0 Å². The standard InChI is InChI=1S/C16H21N3O3S/c1-9(2)7-17-12(20)8-19-15(21)13-10-5-3-4-6-11(10)23-14(13)18-16(19)22/h9H,3-8H2,1-2H3,(H,17,20)(H,18,22). The van der Waals surface area contributed by atoms with Crippen molar-refractivity contribution in [2.75, 3.05) is 6.54 Å². The molecule has 1 aliphatic carbocycles. The van der Waals surface area contributed by atoms with Crippen molar-refractivity contribution in [3.63, 3.8) is 0 Å². The number of aromatic nitrogens is 2. The van der Waals surface area contributed by atoms with Gasteiger partial charge in [-0.2, -0.15) is 0 Å². The minimum absolute atomic E-state index is 0.235. The third kappa shape index (κ3) is 3.10. The van der Waals surface area contributed by atoms with Gasteiger partial charge in [0.1, 0.15) is 11.4 Å². The van der Waals surface area contributed by atoms with E-state index in [4.69, 9.17) is 0 Å². The summed E-state index contributed by atoms with van der Waals surface area (Å²) in [4.78, 5) is 41.5. The zero-order chi connectivity index (χ0) is 16.6. The molecule has 0 atom stereocenters. The molecule has 0 spiro atoms. The quantitative estimate of drug-likeness (QED) is 0.886. The Bertz CT molecular complexity index is 860. The molecule has 0 saturated heterocycles. The van der Waals surface area contributed by atoms with Gasteiger partial charge in [-0.15, -0.1) is 11.3 Å². The van der Waals surface area contributed by atoms with Gasteiger partial charge in [0.15, 0.2) is 0 Å². The van der Waals surface area contributed by atoms with Crippen molar-refractivity contribution in [1.82, 2.24) is 14.9 Å². The first kappa shape index (κ1) is 16.0. The molecular formula is C16H21N3O3S. The predicted molar refractivity (Wildman–Crippen MR) is 91.2 cm³/mol. The minimum Gasteiger partial charge on any atom is -0.354 e. The van der Waals surface area contributed by atoms with Gasteiger partial charge in [-0.25, -0.2) is 4.79 Å². The Kier molecular flexibility index (Phi) is 4.39. The van der Waals surface area contributed by atoms with Gasteiger partial charge in [-0.1, -0.05) is 13.8 Å². The lowest BCUT2D eigenvalue weighted by Gasteiger charge is -2.11. The molecule has 2 aromatic rings. The van der Waals surface area contributed by atoms with Gasteiger partial charge in [0.05, 0.1) is 5.39 Å². The Morgan fingerprint density at radius 1 is 1.30 bits per heavy atom. The van der Waals surface area contributed by atoms with Gasteiger partial charge < -0.3 is 5.32 Å². The number of amides is 1. The Labute approximate surface area is 137 Å². The van der Waals surface area contributed by atoms with E-state index >= 15 is 0 Å². The summed E-state index contributed by atoms with van der Waals surface area (Å²) in [6.45, 7) is 4.27. The van der Waals surface area contributed by atoms with Crippen LogP contribution in [-0.4, -0.2) is 22.0 Å². The Hall–Kier alpha value is -1.89. The van der Waals surface area contributed by atoms with E-state index in [0.717, 1.165) is 35.8 Å². The van der Waals surface area contributed by atoms with Crippen molar-refractivity contribution >= 4 is 27.5 Å². The molecule has 1 amide bonds. The number of hydrogen-bond acceptors (Lipinski definition) is 4. The summed E-state index contributed by atoms with van der Waals surface area (Å²) >= 11 is 1.50. The van der Waals surface area contributed by atoms with E-state index in [1.165, 1.54) is 16.2 Å². The van der Waals surface area contributed by atoms with Gasteiger partial charge >= 0.3 is 5.69 Å². The number of aromatic amines is 1. The molecule has 1 aliphatic rings. The van der Waals surface area contributed by atoms with Crippen molar-refractivity contribution in [2.45, 2.75) is 46.1 Å². The summed E-state index contributed by atoms with van der Waals surface area (Å²) in [5.41, 5.74) is 0.206. The molecule has 6 nitrogen and oxygen atoms in total. The highest BCUT2D eigenvalue weighted by atomic mass is 32.1. The lowest BCUT2D eigenvalue weighted by atomic mass is 9.97. The molecule has 2 aromatic heterocycles. The number of hydrogen-bond donors (Lipinski definition) is 2. The molecule has 23 heavy (non-hydrogen) atoms. The van der Waals surface area contributed by atoms with Gasteiger partial charge in [-0.05, 0) is 37.2 Å². The lowest BCUT2D eigenvalue weighted by molar-refractivity contribution is -0.121. The first-order valence-electron chi connectivity index (χ1n) is 8.01. The summed E-state index contributed by atoms with van der Waals surface area (Å²) in [6.07, 6.45) is 4.02. The smallest absolute Gasteiger partial charge is 0.329 e. The van der Waals surface area contributed by atoms with E-state index in [0.29, 0.717) is 22.7 Å². The van der Waals surface area contributed by atoms with E-state index in [1.807, 2.05) is 13.8 Å². The zero-order valence-electron chi connectivity index (χ0n) is 13.4. The fourth-order valence-electron chi connectivity index (χ4n) is 2.93. The second-order valence-electron chi connectivity index (χ2n) is 6.43. The van der Waals surface area contributed by atoms with Crippen LogP contribution >= 0.6 is 11.3 Å².